The highest BCUT2D eigenvalue weighted by Gasteiger charge is 2.39. The lowest BCUT2D eigenvalue weighted by atomic mass is 10.00. The minimum absolute atomic E-state index is 0.0249. The number of likely N-dealkylation sites (tertiary alicyclic amines) is 1. The molecule has 1 aromatic rings. The summed E-state index contributed by atoms with van der Waals surface area (Å²) in [7, 11) is 0. The maximum Gasteiger partial charge on any atom is 0.225 e. The molecule has 1 aromatic carbocycles. The first-order chi connectivity index (χ1) is 8.00. The number of anilines is 1. The predicted octanol–water partition coefficient (Wildman–Crippen LogP) is 1.28. The summed E-state index contributed by atoms with van der Waals surface area (Å²) >= 11 is 0. The Morgan fingerprint density at radius 3 is 2.41 bits per heavy atom. The molecule has 0 spiro atoms. The van der Waals surface area contributed by atoms with Crippen molar-refractivity contribution in [2.24, 2.45) is 5.73 Å². The first kappa shape index (κ1) is 11.9. The van der Waals surface area contributed by atoms with Gasteiger partial charge in [0.2, 0.25) is 5.91 Å². The highest BCUT2D eigenvalue weighted by Crippen LogP contribution is 2.33. The van der Waals surface area contributed by atoms with Gasteiger partial charge < -0.3 is 16.4 Å². The van der Waals surface area contributed by atoms with Crippen LogP contribution in [0.4, 0.5) is 5.69 Å². The number of hydrogen-bond donors (Lipinski definition) is 2. The number of nitrogen functional groups attached to an aromatic ring is 1. The fraction of sp³-hybridized carbons (Fsp3) is 0.462. The molecular formula is C13H19N3O. The van der Waals surface area contributed by atoms with Crippen LogP contribution in [0, 0.1) is 0 Å². The monoisotopic (exact) mass is 233 g/mol. The van der Waals surface area contributed by atoms with Crippen molar-refractivity contribution in [1.82, 2.24) is 4.90 Å². The molecule has 0 radical (unpaired) electrons. The molecule has 1 aliphatic rings. The average Bonchev–Trinajstić information content (AvgIpc) is 2.55. The first-order valence-electron chi connectivity index (χ1n) is 5.93. The second-order valence-corrected chi connectivity index (χ2v) is 4.87. The lowest BCUT2D eigenvalue weighted by molar-refractivity contribution is -0.130. The van der Waals surface area contributed by atoms with Gasteiger partial charge in [0.25, 0.3) is 0 Å². The maximum absolute atomic E-state index is 11.9. The predicted molar refractivity (Wildman–Crippen MR) is 68.2 cm³/mol. The SMILES string of the molecule is CC(C)N1C(=O)C[C@H](N)[C@H]1c1ccc(N)cc1. The van der Waals surface area contributed by atoms with E-state index in [1.165, 1.54) is 0 Å². The van der Waals surface area contributed by atoms with Crippen molar-refractivity contribution in [1.29, 1.82) is 0 Å². The van der Waals surface area contributed by atoms with Gasteiger partial charge in [-0.25, -0.2) is 0 Å². The van der Waals surface area contributed by atoms with Crippen molar-refractivity contribution in [2.45, 2.75) is 38.4 Å². The molecule has 0 aromatic heterocycles. The van der Waals surface area contributed by atoms with E-state index in [0.29, 0.717) is 6.42 Å². The lowest BCUT2D eigenvalue weighted by Gasteiger charge is -2.30. The Bertz CT molecular complexity index is 413. The van der Waals surface area contributed by atoms with E-state index in [0.717, 1.165) is 11.3 Å². The fourth-order valence-electron chi connectivity index (χ4n) is 2.49. The number of benzene rings is 1. The average molecular weight is 233 g/mol. The molecule has 92 valence electrons. The van der Waals surface area contributed by atoms with Gasteiger partial charge in [0.1, 0.15) is 0 Å². The highest BCUT2D eigenvalue weighted by molar-refractivity contribution is 5.80. The zero-order valence-electron chi connectivity index (χ0n) is 10.3. The molecule has 1 fully saturated rings. The molecule has 0 saturated carbocycles. The van der Waals surface area contributed by atoms with Crippen LogP contribution in [0.25, 0.3) is 0 Å². The highest BCUT2D eigenvalue weighted by atomic mass is 16.2. The Morgan fingerprint density at radius 1 is 1.29 bits per heavy atom. The zero-order valence-corrected chi connectivity index (χ0v) is 10.3. The summed E-state index contributed by atoms with van der Waals surface area (Å²) in [6.07, 6.45) is 0.424. The standard InChI is InChI=1S/C13H19N3O/c1-8(2)16-12(17)7-11(15)13(16)9-3-5-10(14)6-4-9/h3-6,8,11,13H,7,14-15H2,1-2H3/t11-,13+/m0/s1. The molecule has 17 heavy (non-hydrogen) atoms. The van der Waals surface area contributed by atoms with Crippen LogP contribution in [-0.2, 0) is 4.79 Å². The number of carbonyl (C=O) groups is 1. The second-order valence-electron chi connectivity index (χ2n) is 4.87. The number of nitrogens with zero attached hydrogens (tertiary/aromatic N) is 1. The molecule has 0 unspecified atom stereocenters. The summed E-state index contributed by atoms with van der Waals surface area (Å²) in [5.74, 6) is 0.134. The zero-order chi connectivity index (χ0) is 12.6. The van der Waals surface area contributed by atoms with Gasteiger partial charge in [-0.3, -0.25) is 4.79 Å². The summed E-state index contributed by atoms with van der Waals surface area (Å²) in [5, 5.41) is 0. The molecule has 4 nitrogen and oxygen atoms in total. The molecule has 2 rings (SSSR count). The van der Waals surface area contributed by atoms with E-state index in [2.05, 4.69) is 0 Å². The van der Waals surface area contributed by atoms with Crippen LogP contribution < -0.4 is 11.5 Å². The van der Waals surface area contributed by atoms with Gasteiger partial charge in [0.05, 0.1) is 6.04 Å². The Morgan fingerprint density at radius 2 is 1.88 bits per heavy atom. The van der Waals surface area contributed by atoms with E-state index < -0.39 is 0 Å². The minimum atomic E-state index is -0.131. The number of amides is 1. The van der Waals surface area contributed by atoms with Crippen LogP contribution in [0.1, 0.15) is 31.9 Å². The molecule has 1 amide bonds. The van der Waals surface area contributed by atoms with Crippen LogP contribution in [0.2, 0.25) is 0 Å². The van der Waals surface area contributed by atoms with Crippen LogP contribution in [0.15, 0.2) is 24.3 Å². The van der Waals surface area contributed by atoms with Crippen LogP contribution in [0.5, 0.6) is 0 Å². The van der Waals surface area contributed by atoms with E-state index in [-0.39, 0.29) is 24.0 Å². The number of hydrogen-bond acceptors (Lipinski definition) is 3. The van der Waals surface area contributed by atoms with Gasteiger partial charge >= 0.3 is 0 Å². The Labute approximate surface area is 102 Å². The third-order valence-electron chi connectivity index (χ3n) is 3.24. The van der Waals surface area contributed by atoms with Gasteiger partial charge in [0.15, 0.2) is 0 Å². The largest absolute Gasteiger partial charge is 0.399 e. The molecule has 4 N–H and O–H groups in total. The summed E-state index contributed by atoms with van der Waals surface area (Å²) in [5.41, 5.74) is 13.5. The van der Waals surface area contributed by atoms with Gasteiger partial charge in [-0.05, 0) is 31.5 Å². The third kappa shape index (κ3) is 2.13. The smallest absolute Gasteiger partial charge is 0.225 e. The Hall–Kier alpha value is -1.55. The van der Waals surface area contributed by atoms with E-state index in [4.69, 9.17) is 11.5 Å². The van der Waals surface area contributed by atoms with Crippen LogP contribution in [0.3, 0.4) is 0 Å². The minimum Gasteiger partial charge on any atom is -0.399 e. The van der Waals surface area contributed by atoms with Crippen LogP contribution >= 0.6 is 0 Å². The fourth-order valence-corrected chi connectivity index (χ4v) is 2.49. The lowest BCUT2D eigenvalue weighted by Crippen LogP contribution is -2.37. The molecular weight excluding hydrogens is 214 g/mol. The molecule has 1 saturated heterocycles. The normalized spacial score (nSPS) is 24.7. The maximum atomic E-state index is 11.9. The summed E-state index contributed by atoms with van der Waals surface area (Å²) < 4.78 is 0. The molecule has 0 bridgehead atoms. The van der Waals surface area contributed by atoms with Gasteiger partial charge in [-0.15, -0.1) is 0 Å². The topological polar surface area (TPSA) is 72.3 Å². The van der Waals surface area contributed by atoms with E-state index in [1.54, 1.807) is 0 Å². The molecule has 4 heteroatoms. The van der Waals surface area contributed by atoms with E-state index in [9.17, 15) is 4.79 Å². The number of carbonyl (C=O) groups excluding carboxylic acids is 1. The van der Waals surface area contributed by atoms with Crippen molar-refractivity contribution < 1.29 is 4.79 Å². The number of nitrogens with two attached hydrogens (primary N) is 2. The third-order valence-corrected chi connectivity index (χ3v) is 3.24. The van der Waals surface area contributed by atoms with Crippen LogP contribution in [-0.4, -0.2) is 22.9 Å². The second kappa shape index (κ2) is 4.37. The van der Waals surface area contributed by atoms with Crippen molar-refractivity contribution in [3.8, 4) is 0 Å². The van der Waals surface area contributed by atoms with E-state index >= 15 is 0 Å². The van der Waals surface area contributed by atoms with Crippen molar-refractivity contribution in [2.75, 3.05) is 5.73 Å². The van der Waals surface area contributed by atoms with Gasteiger partial charge in [0, 0.05) is 24.2 Å². The van der Waals surface area contributed by atoms with Crippen molar-refractivity contribution >= 4 is 11.6 Å². The molecule has 1 aliphatic heterocycles. The van der Waals surface area contributed by atoms with Gasteiger partial charge in [-0.1, -0.05) is 12.1 Å². The van der Waals surface area contributed by atoms with Gasteiger partial charge in [-0.2, -0.15) is 0 Å². The Balaban J connectivity index is 2.34. The molecule has 0 aliphatic carbocycles. The van der Waals surface area contributed by atoms with Crippen molar-refractivity contribution in [3.05, 3.63) is 29.8 Å². The van der Waals surface area contributed by atoms with E-state index in [1.807, 2.05) is 43.0 Å². The molecule has 2 atom stereocenters. The number of rotatable bonds is 2. The molecule has 1 heterocycles. The summed E-state index contributed by atoms with van der Waals surface area (Å²) in [4.78, 5) is 13.8. The Kier molecular flexibility index (Phi) is 3.07. The summed E-state index contributed by atoms with van der Waals surface area (Å²) in [6, 6.07) is 7.62. The quantitative estimate of drug-likeness (QED) is 0.756. The summed E-state index contributed by atoms with van der Waals surface area (Å²) in [6.45, 7) is 4.03. The first-order valence-corrected chi connectivity index (χ1v) is 5.93. The van der Waals surface area contributed by atoms with Crippen molar-refractivity contribution in [3.63, 3.8) is 0 Å².